The first kappa shape index (κ1) is 29.2. The second-order valence-corrected chi connectivity index (χ2v) is 11.1. The fraction of sp³-hybridized carbons (Fsp3) is 0.406. The van der Waals surface area contributed by atoms with Crippen LogP contribution < -0.4 is 20.9 Å². The lowest BCUT2D eigenvalue weighted by molar-refractivity contribution is -0.135. The predicted molar refractivity (Wildman–Crippen MR) is 164 cm³/mol. The predicted octanol–water partition coefficient (Wildman–Crippen LogP) is 3.70. The number of carbonyl (C=O) groups is 3. The van der Waals surface area contributed by atoms with Gasteiger partial charge < -0.3 is 30.5 Å². The van der Waals surface area contributed by atoms with Crippen LogP contribution in [0.1, 0.15) is 42.9 Å². The number of hydrogen-bond acceptors (Lipinski definition) is 7. The minimum absolute atomic E-state index is 0.199. The number of dihydropyridines is 1. The Morgan fingerprint density at radius 2 is 1.74 bits per heavy atom. The molecule has 2 fully saturated rings. The molecule has 0 saturated carbocycles. The Bertz CT molecular complexity index is 1340. The van der Waals surface area contributed by atoms with Crippen LogP contribution in [0.3, 0.4) is 0 Å². The van der Waals surface area contributed by atoms with Crippen molar-refractivity contribution in [2.75, 3.05) is 51.1 Å². The molecule has 3 N–H and O–H groups in total. The minimum Gasteiger partial charge on any atom is -0.453 e. The highest BCUT2D eigenvalue weighted by Gasteiger charge is 2.34. The van der Waals surface area contributed by atoms with Gasteiger partial charge in [0.1, 0.15) is 12.6 Å². The SMILES string of the molecule is COC(=O)NCC(=O)N1CCC[C@H]1C(=O)Nc1ccc([C@@H]2CCCN2c2ccc(C3=CNC(N(C)C)C=C3)cc2)cc1. The lowest BCUT2D eigenvalue weighted by Gasteiger charge is -2.28. The summed E-state index contributed by atoms with van der Waals surface area (Å²) < 4.78 is 4.52. The van der Waals surface area contributed by atoms with Gasteiger partial charge in [-0.05, 0) is 86.8 Å². The lowest BCUT2D eigenvalue weighted by atomic mass is 10.0. The smallest absolute Gasteiger partial charge is 0.407 e. The molecule has 3 heterocycles. The highest BCUT2D eigenvalue weighted by Crippen LogP contribution is 2.37. The van der Waals surface area contributed by atoms with Gasteiger partial charge in [0.15, 0.2) is 0 Å². The number of carbonyl (C=O) groups excluding carboxylic acids is 3. The van der Waals surface area contributed by atoms with E-state index in [0.717, 1.165) is 25.8 Å². The zero-order valence-corrected chi connectivity index (χ0v) is 24.5. The van der Waals surface area contributed by atoms with E-state index in [9.17, 15) is 14.4 Å². The average molecular weight is 573 g/mol. The third-order valence-corrected chi connectivity index (χ3v) is 8.22. The first-order valence-corrected chi connectivity index (χ1v) is 14.5. The monoisotopic (exact) mass is 572 g/mol. The molecule has 10 heteroatoms. The van der Waals surface area contributed by atoms with Crippen LogP contribution in [-0.4, -0.2) is 80.8 Å². The van der Waals surface area contributed by atoms with Crippen molar-refractivity contribution in [2.24, 2.45) is 0 Å². The van der Waals surface area contributed by atoms with E-state index in [2.05, 4.69) is 99.3 Å². The van der Waals surface area contributed by atoms with Crippen LogP contribution >= 0.6 is 0 Å². The third-order valence-electron chi connectivity index (χ3n) is 8.22. The molecule has 0 radical (unpaired) electrons. The van der Waals surface area contributed by atoms with Gasteiger partial charge in [0.05, 0.1) is 19.3 Å². The van der Waals surface area contributed by atoms with Crippen LogP contribution in [0.15, 0.2) is 66.9 Å². The maximum atomic E-state index is 13.1. The maximum Gasteiger partial charge on any atom is 0.407 e. The molecule has 0 bridgehead atoms. The molecule has 10 nitrogen and oxygen atoms in total. The molecule has 222 valence electrons. The fourth-order valence-electron chi connectivity index (χ4n) is 5.92. The fourth-order valence-corrected chi connectivity index (χ4v) is 5.92. The standard InChI is InChI=1S/C32H40N6O4/c1-36(2)29-17-12-24(20-33-29)22-10-15-26(16-11-22)37-18-4-6-27(37)23-8-13-25(14-9-23)35-31(40)28-7-5-19-38(28)30(39)21-34-32(41)42-3/h8-17,20,27-29,33H,4-7,18-19,21H2,1-3H3,(H,34,41)(H,35,40)/t27-,28-,29?/m0/s1. The Kier molecular flexibility index (Phi) is 9.12. The topological polar surface area (TPSA) is 106 Å². The van der Waals surface area contributed by atoms with E-state index in [0.29, 0.717) is 18.7 Å². The zero-order valence-electron chi connectivity index (χ0n) is 24.5. The van der Waals surface area contributed by atoms with Gasteiger partial charge in [0, 0.05) is 30.7 Å². The molecule has 2 aromatic carbocycles. The van der Waals surface area contributed by atoms with Crippen molar-refractivity contribution < 1.29 is 19.1 Å². The summed E-state index contributed by atoms with van der Waals surface area (Å²) in [5.41, 5.74) is 5.45. The summed E-state index contributed by atoms with van der Waals surface area (Å²) in [5.74, 6) is -0.520. The zero-order chi connectivity index (χ0) is 29.6. The van der Waals surface area contributed by atoms with E-state index in [1.807, 2.05) is 12.1 Å². The Morgan fingerprint density at radius 3 is 2.40 bits per heavy atom. The van der Waals surface area contributed by atoms with Crippen LogP contribution in [0.5, 0.6) is 0 Å². The number of likely N-dealkylation sites (tertiary alicyclic amines) is 1. The van der Waals surface area contributed by atoms with E-state index >= 15 is 0 Å². The maximum absolute atomic E-state index is 13.1. The van der Waals surface area contributed by atoms with Crippen LogP contribution in [0.25, 0.3) is 5.57 Å². The van der Waals surface area contributed by atoms with Crippen molar-refractivity contribution >= 4 is 34.9 Å². The molecule has 2 saturated heterocycles. The molecule has 3 amide bonds. The summed E-state index contributed by atoms with van der Waals surface area (Å²) in [6.45, 7) is 1.28. The summed E-state index contributed by atoms with van der Waals surface area (Å²) in [5, 5.41) is 8.79. The van der Waals surface area contributed by atoms with Gasteiger partial charge in [-0.2, -0.15) is 0 Å². The van der Waals surface area contributed by atoms with Gasteiger partial charge in [0.25, 0.3) is 0 Å². The van der Waals surface area contributed by atoms with E-state index in [-0.39, 0.29) is 30.6 Å². The summed E-state index contributed by atoms with van der Waals surface area (Å²) in [6, 6.07) is 16.5. The van der Waals surface area contributed by atoms with E-state index < -0.39 is 12.1 Å². The average Bonchev–Trinajstić information content (AvgIpc) is 3.71. The number of amides is 3. The molecule has 0 aliphatic carbocycles. The number of rotatable bonds is 8. The van der Waals surface area contributed by atoms with Crippen LogP contribution in [0.2, 0.25) is 0 Å². The highest BCUT2D eigenvalue weighted by atomic mass is 16.5. The number of methoxy groups -OCH3 is 1. The summed E-state index contributed by atoms with van der Waals surface area (Å²) in [6.07, 6.45) is 9.45. The number of ether oxygens (including phenoxy) is 1. The summed E-state index contributed by atoms with van der Waals surface area (Å²) in [7, 11) is 5.34. The second kappa shape index (κ2) is 13.1. The summed E-state index contributed by atoms with van der Waals surface area (Å²) in [4.78, 5) is 43.0. The highest BCUT2D eigenvalue weighted by molar-refractivity contribution is 5.98. The van der Waals surface area contributed by atoms with Crippen molar-refractivity contribution in [3.8, 4) is 0 Å². The Balaban J connectivity index is 1.19. The molecule has 3 aliphatic heterocycles. The number of allylic oxidation sites excluding steroid dienone is 2. The Labute approximate surface area is 247 Å². The van der Waals surface area contributed by atoms with Crippen molar-refractivity contribution in [2.45, 2.75) is 43.9 Å². The number of benzene rings is 2. The van der Waals surface area contributed by atoms with Gasteiger partial charge in [-0.1, -0.05) is 30.3 Å². The Morgan fingerprint density at radius 1 is 1.00 bits per heavy atom. The first-order valence-electron chi connectivity index (χ1n) is 14.5. The molecule has 3 aliphatic rings. The number of hydrogen-bond donors (Lipinski definition) is 3. The normalized spacial score (nSPS) is 21.6. The molecule has 0 spiro atoms. The van der Waals surface area contributed by atoms with Gasteiger partial charge in [-0.15, -0.1) is 0 Å². The van der Waals surface area contributed by atoms with Crippen molar-refractivity contribution in [3.63, 3.8) is 0 Å². The minimum atomic E-state index is -0.674. The molecule has 1 unspecified atom stereocenters. The van der Waals surface area contributed by atoms with Gasteiger partial charge >= 0.3 is 6.09 Å². The van der Waals surface area contributed by atoms with Crippen LogP contribution in [0, 0.1) is 0 Å². The molecule has 42 heavy (non-hydrogen) atoms. The number of alkyl carbamates (subject to hydrolysis) is 1. The van der Waals surface area contributed by atoms with Crippen LogP contribution in [0.4, 0.5) is 16.2 Å². The summed E-state index contributed by atoms with van der Waals surface area (Å²) >= 11 is 0. The number of anilines is 2. The number of likely N-dealkylation sites (N-methyl/N-ethyl adjacent to an activating group) is 1. The van der Waals surface area contributed by atoms with Crippen molar-refractivity contribution in [1.82, 2.24) is 20.4 Å². The number of nitrogens with one attached hydrogen (secondary N) is 3. The van der Waals surface area contributed by atoms with E-state index in [1.165, 1.54) is 34.4 Å². The second-order valence-electron chi connectivity index (χ2n) is 11.1. The Hall–Kier alpha value is -4.31. The quantitative estimate of drug-likeness (QED) is 0.443. The largest absolute Gasteiger partial charge is 0.453 e. The van der Waals surface area contributed by atoms with Crippen molar-refractivity contribution in [1.29, 1.82) is 0 Å². The lowest BCUT2D eigenvalue weighted by Crippen LogP contribution is -2.47. The molecule has 0 aromatic heterocycles. The van der Waals surface area contributed by atoms with Crippen LogP contribution in [-0.2, 0) is 14.3 Å². The molecular weight excluding hydrogens is 532 g/mol. The van der Waals surface area contributed by atoms with E-state index in [1.54, 1.807) is 0 Å². The van der Waals surface area contributed by atoms with Gasteiger partial charge in [-0.25, -0.2) is 4.79 Å². The molecule has 2 aromatic rings. The van der Waals surface area contributed by atoms with Gasteiger partial charge in [0.2, 0.25) is 11.8 Å². The molecule has 3 atom stereocenters. The van der Waals surface area contributed by atoms with Crippen molar-refractivity contribution in [3.05, 3.63) is 78.0 Å². The third kappa shape index (κ3) is 6.60. The van der Waals surface area contributed by atoms with E-state index in [4.69, 9.17) is 0 Å². The first-order chi connectivity index (χ1) is 20.3. The van der Waals surface area contributed by atoms with Gasteiger partial charge in [-0.3, -0.25) is 14.5 Å². The molecular formula is C32H40N6O4. The molecule has 5 rings (SSSR count). The number of nitrogens with zero attached hydrogens (tertiary/aromatic N) is 3.